The van der Waals surface area contributed by atoms with E-state index in [9.17, 15) is 4.21 Å². The maximum Gasteiger partial charge on any atom is 0.0980 e. The van der Waals surface area contributed by atoms with Gasteiger partial charge >= 0.3 is 0 Å². The third-order valence-corrected chi connectivity index (χ3v) is 2.47. The molecule has 4 heteroatoms. The maximum absolute atomic E-state index is 10.3. The minimum absolute atomic E-state index is 0.201. The maximum atomic E-state index is 10.3. The van der Waals surface area contributed by atoms with Gasteiger partial charge in [-0.1, -0.05) is 0 Å². The van der Waals surface area contributed by atoms with Gasteiger partial charge in [-0.15, -0.1) is 23.2 Å². The van der Waals surface area contributed by atoms with Gasteiger partial charge in [-0.3, -0.25) is 4.21 Å². The van der Waals surface area contributed by atoms with Gasteiger partial charge in [0.2, 0.25) is 0 Å². The van der Waals surface area contributed by atoms with Gasteiger partial charge in [-0.05, 0) is 0 Å². The van der Waals surface area contributed by atoms with Crippen LogP contribution >= 0.6 is 23.2 Å². The minimum atomic E-state index is -0.894. The molecule has 0 aliphatic carbocycles. The lowest BCUT2D eigenvalue weighted by atomic mass is 11.0. The monoisotopic (exact) mass is 160 g/mol. The summed E-state index contributed by atoms with van der Waals surface area (Å²) < 4.78 is 10.3. The lowest BCUT2D eigenvalue weighted by Gasteiger charge is -1.86. The molecule has 0 amide bonds. The first-order valence-electron chi connectivity index (χ1n) is 1.78. The number of hydrogen-bond donors (Lipinski definition) is 0. The van der Waals surface area contributed by atoms with E-state index in [-0.39, 0.29) is 5.21 Å². The largest absolute Gasteiger partial charge is 0.258 e. The average molecular weight is 161 g/mol. The third kappa shape index (κ3) is 4.59. The Labute approximate surface area is 55.4 Å². The second-order valence-electron chi connectivity index (χ2n) is 0.942. The van der Waals surface area contributed by atoms with Crippen molar-refractivity contribution in [1.82, 2.24) is 0 Å². The van der Waals surface area contributed by atoms with E-state index in [1.165, 1.54) is 0 Å². The molecule has 0 N–H and O–H groups in total. The molecule has 0 spiro atoms. The first kappa shape index (κ1) is 7.73. The summed E-state index contributed by atoms with van der Waals surface area (Å²) in [7, 11) is -0.894. The zero-order valence-electron chi connectivity index (χ0n) is 3.69. The van der Waals surface area contributed by atoms with Crippen molar-refractivity contribution in [3.63, 3.8) is 0 Å². The highest BCUT2D eigenvalue weighted by atomic mass is 35.5. The Bertz CT molecular complexity index is 66.0. The summed E-state index contributed by atoms with van der Waals surface area (Å²) in [5, 5.41) is 0.201. The van der Waals surface area contributed by atoms with E-state index in [2.05, 4.69) is 0 Å². The van der Waals surface area contributed by atoms with Crippen molar-refractivity contribution in [3.05, 3.63) is 0 Å². The molecular weight excluding hydrogens is 155 g/mol. The van der Waals surface area contributed by atoms with Crippen LogP contribution in [-0.2, 0) is 10.8 Å². The van der Waals surface area contributed by atoms with Gasteiger partial charge in [0.1, 0.15) is 0 Å². The molecule has 0 fully saturated rings. The molecule has 1 unspecified atom stereocenters. The van der Waals surface area contributed by atoms with Crippen LogP contribution in [0.4, 0.5) is 0 Å². The van der Waals surface area contributed by atoms with Crippen molar-refractivity contribution >= 4 is 34.0 Å². The zero-order chi connectivity index (χ0) is 5.70. The van der Waals surface area contributed by atoms with Crippen molar-refractivity contribution in [2.45, 2.75) is 0 Å². The van der Waals surface area contributed by atoms with E-state index in [1.54, 1.807) is 0 Å². The fraction of sp³-hybridized carbons (Fsp3) is 1.00. The number of hydrogen-bond acceptors (Lipinski definition) is 1. The molecule has 0 saturated carbocycles. The summed E-state index contributed by atoms with van der Waals surface area (Å²) in [6, 6.07) is 0. The van der Waals surface area contributed by atoms with E-state index >= 15 is 0 Å². The van der Waals surface area contributed by atoms with E-state index in [0.29, 0.717) is 11.6 Å². The van der Waals surface area contributed by atoms with E-state index < -0.39 is 10.8 Å². The first-order chi connectivity index (χ1) is 3.31. The minimum Gasteiger partial charge on any atom is -0.258 e. The van der Waals surface area contributed by atoms with Gasteiger partial charge in [-0.2, -0.15) is 0 Å². The lowest BCUT2D eigenvalue weighted by molar-refractivity contribution is 0.687. The number of halogens is 2. The molecule has 0 saturated heterocycles. The van der Waals surface area contributed by atoms with Crippen LogP contribution in [0.3, 0.4) is 0 Å². The topological polar surface area (TPSA) is 17.1 Å². The molecule has 0 radical (unpaired) electrons. The lowest BCUT2D eigenvalue weighted by Crippen LogP contribution is -1.97. The predicted octanol–water partition coefficient (Wildman–Crippen LogP) is 1.17. The van der Waals surface area contributed by atoms with Crippen molar-refractivity contribution < 1.29 is 4.21 Å². The van der Waals surface area contributed by atoms with Crippen molar-refractivity contribution in [3.8, 4) is 0 Å². The standard InChI is InChI=1S/C3H6Cl2OS/c4-1-2-7(6)3-5/h1-3H2. The van der Waals surface area contributed by atoms with Crippen LogP contribution in [0.25, 0.3) is 0 Å². The van der Waals surface area contributed by atoms with Gasteiger partial charge < -0.3 is 0 Å². The van der Waals surface area contributed by atoms with Gasteiger partial charge in [0.15, 0.2) is 0 Å². The fourth-order valence-corrected chi connectivity index (χ4v) is 1.27. The molecular formula is C3H6Cl2OS. The van der Waals surface area contributed by atoms with E-state index in [0.717, 1.165) is 0 Å². The highest BCUT2D eigenvalue weighted by molar-refractivity contribution is 7.86. The van der Waals surface area contributed by atoms with Crippen LogP contribution in [0.2, 0.25) is 0 Å². The first-order valence-corrected chi connectivity index (χ1v) is 4.34. The fourth-order valence-electron chi connectivity index (χ4n) is 0.141. The van der Waals surface area contributed by atoms with Crippen LogP contribution in [0.5, 0.6) is 0 Å². The van der Waals surface area contributed by atoms with Gasteiger partial charge in [-0.25, -0.2) is 0 Å². The summed E-state index contributed by atoms with van der Waals surface area (Å²) >= 11 is 10.4. The van der Waals surface area contributed by atoms with Crippen LogP contribution in [0.15, 0.2) is 0 Å². The van der Waals surface area contributed by atoms with E-state index in [4.69, 9.17) is 23.2 Å². The summed E-state index contributed by atoms with van der Waals surface area (Å²) in [4.78, 5) is 0. The molecule has 1 nitrogen and oxygen atoms in total. The normalized spacial score (nSPS) is 14.0. The quantitative estimate of drug-likeness (QED) is 0.568. The van der Waals surface area contributed by atoms with Gasteiger partial charge in [0.05, 0.1) is 5.21 Å². The average Bonchev–Trinajstić information content (AvgIpc) is 1.68. The summed E-state index contributed by atoms with van der Waals surface area (Å²) in [5.74, 6) is 0.935. The smallest absolute Gasteiger partial charge is 0.0980 e. The molecule has 0 heterocycles. The van der Waals surface area contributed by atoms with Gasteiger partial charge in [0, 0.05) is 22.4 Å². The predicted molar refractivity (Wildman–Crippen MR) is 34.4 cm³/mol. The second kappa shape index (κ2) is 4.88. The number of alkyl halides is 2. The Hall–Kier alpha value is 0.730. The van der Waals surface area contributed by atoms with Crippen LogP contribution < -0.4 is 0 Å². The molecule has 0 aromatic rings. The molecule has 7 heavy (non-hydrogen) atoms. The van der Waals surface area contributed by atoms with Crippen LogP contribution in [-0.4, -0.2) is 21.1 Å². The Morgan fingerprint density at radius 2 is 2.00 bits per heavy atom. The Morgan fingerprint density at radius 1 is 1.43 bits per heavy atom. The van der Waals surface area contributed by atoms with Crippen LogP contribution in [0, 0.1) is 0 Å². The van der Waals surface area contributed by atoms with E-state index in [1.807, 2.05) is 0 Å². The van der Waals surface area contributed by atoms with Crippen LogP contribution in [0.1, 0.15) is 0 Å². The third-order valence-electron chi connectivity index (χ3n) is 0.427. The highest BCUT2D eigenvalue weighted by Gasteiger charge is 1.91. The number of rotatable bonds is 3. The molecule has 44 valence electrons. The molecule has 0 bridgehead atoms. The Morgan fingerprint density at radius 3 is 2.14 bits per heavy atom. The molecule has 0 aromatic carbocycles. The molecule has 0 aliphatic heterocycles. The highest BCUT2D eigenvalue weighted by Crippen LogP contribution is 1.86. The molecule has 0 rings (SSSR count). The molecule has 0 aromatic heterocycles. The molecule has 1 atom stereocenters. The molecule has 0 aliphatic rings. The van der Waals surface area contributed by atoms with Crippen molar-refractivity contribution in [1.29, 1.82) is 0 Å². The second-order valence-corrected chi connectivity index (χ2v) is 3.48. The van der Waals surface area contributed by atoms with Crippen molar-refractivity contribution in [2.24, 2.45) is 0 Å². The summed E-state index contributed by atoms with van der Waals surface area (Å²) in [6.07, 6.45) is 0. The zero-order valence-corrected chi connectivity index (χ0v) is 6.02. The SMILES string of the molecule is O=S(CCl)CCCl. The van der Waals surface area contributed by atoms with Crippen molar-refractivity contribution in [2.75, 3.05) is 16.8 Å². The Kier molecular flexibility index (Phi) is 5.39. The Balaban J connectivity index is 3.00. The summed E-state index contributed by atoms with van der Waals surface area (Å²) in [6.45, 7) is 0. The van der Waals surface area contributed by atoms with Gasteiger partial charge in [0.25, 0.3) is 0 Å². The summed E-state index contributed by atoms with van der Waals surface area (Å²) in [5.41, 5.74) is 0.